The lowest BCUT2D eigenvalue weighted by Crippen LogP contribution is -2.60. The summed E-state index contributed by atoms with van der Waals surface area (Å²) >= 11 is 0. The van der Waals surface area contributed by atoms with Gasteiger partial charge in [-0.2, -0.15) is 5.10 Å². The zero-order valence-electron chi connectivity index (χ0n) is 25.8. The average molecular weight is 561 g/mol. The number of rotatable bonds is 7. The Hall–Kier alpha value is -3.72. The van der Waals surface area contributed by atoms with E-state index in [0.717, 1.165) is 41.1 Å². The number of amides is 2. The van der Waals surface area contributed by atoms with Gasteiger partial charge in [0, 0.05) is 63.6 Å². The molecule has 1 saturated heterocycles. The van der Waals surface area contributed by atoms with Gasteiger partial charge in [-0.15, -0.1) is 0 Å². The number of carbonyl (C=O) groups is 2. The summed E-state index contributed by atoms with van der Waals surface area (Å²) in [7, 11) is 3.44. The van der Waals surface area contributed by atoms with E-state index < -0.39 is 17.7 Å². The third-order valence-corrected chi connectivity index (χ3v) is 7.26. The van der Waals surface area contributed by atoms with Crippen LogP contribution in [0.15, 0.2) is 36.4 Å². The fourth-order valence-corrected chi connectivity index (χ4v) is 5.22. The molecule has 0 spiro atoms. The van der Waals surface area contributed by atoms with E-state index >= 15 is 0 Å². The highest BCUT2D eigenvalue weighted by Gasteiger charge is 2.38. The molecule has 9 nitrogen and oxygen atoms in total. The van der Waals surface area contributed by atoms with Crippen LogP contribution >= 0.6 is 0 Å². The summed E-state index contributed by atoms with van der Waals surface area (Å²) in [5.41, 5.74) is 7.04. The molecule has 3 heterocycles. The minimum atomic E-state index is -0.613. The first-order valence-electron chi connectivity index (χ1n) is 14.4. The first-order chi connectivity index (χ1) is 19.4. The fourth-order valence-electron chi connectivity index (χ4n) is 5.22. The van der Waals surface area contributed by atoms with Crippen LogP contribution in [0.5, 0.6) is 0 Å². The lowest BCUT2D eigenvalue weighted by molar-refractivity contribution is -0.136. The summed E-state index contributed by atoms with van der Waals surface area (Å²) in [5, 5.41) is 4.81. The summed E-state index contributed by atoms with van der Waals surface area (Å²) in [6.07, 6.45) is 5.43. The second-order valence-corrected chi connectivity index (χ2v) is 12.1. The molecular weight excluding hydrogens is 516 g/mol. The largest absolute Gasteiger partial charge is 0.444 e. The van der Waals surface area contributed by atoms with E-state index in [0.29, 0.717) is 26.2 Å². The summed E-state index contributed by atoms with van der Waals surface area (Å²) < 4.78 is 7.53. The van der Waals surface area contributed by atoms with E-state index in [9.17, 15) is 9.59 Å². The van der Waals surface area contributed by atoms with Crippen LogP contribution in [0.2, 0.25) is 0 Å². The van der Waals surface area contributed by atoms with Crippen molar-refractivity contribution in [3.8, 4) is 0 Å². The molecule has 0 radical (unpaired) electrons. The average Bonchev–Trinajstić information content (AvgIpc) is 3.25. The first kappa shape index (κ1) is 30.2. The van der Waals surface area contributed by atoms with Gasteiger partial charge in [0.2, 0.25) is 5.91 Å². The van der Waals surface area contributed by atoms with Crippen LogP contribution in [-0.2, 0) is 22.4 Å². The van der Waals surface area contributed by atoms with Crippen molar-refractivity contribution in [3.05, 3.63) is 70.2 Å². The SMILES string of the molecule is CCc1nn2c(C)cc(C)nc2c1Cc1ccc(/C=C/CN2CCN(C(=O)OC(C)(C)C)C(C(=O)N(C)C)C2)cc1. The van der Waals surface area contributed by atoms with Gasteiger partial charge < -0.3 is 9.64 Å². The second-order valence-electron chi connectivity index (χ2n) is 12.1. The number of hydrogen-bond acceptors (Lipinski definition) is 6. The number of nitrogens with zero attached hydrogens (tertiary/aromatic N) is 6. The summed E-state index contributed by atoms with van der Waals surface area (Å²) in [6.45, 7) is 14.0. The molecule has 0 N–H and O–H groups in total. The van der Waals surface area contributed by atoms with Crippen molar-refractivity contribution in [2.45, 2.75) is 66.0 Å². The zero-order chi connectivity index (χ0) is 29.9. The van der Waals surface area contributed by atoms with Gasteiger partial charge in [-0.25, -0.2) is 14.3 Å². The van der Waals surface area contributed by atoms with E-state index in [1.54, 1.807) is 19.0 Å². The Morgan fingerprint density at radius 2 is 1.83 bits per heavy atom. The third kappa shape index (κ3) is 7.33. The van der Waals surface area contributed by atoms with Gasteiger partial charge in [0.15, 0.2) is 5.65 Å². The second kappa shape index (κ2) is 12.4. The van der Waals surface area contributed by atoms with Crippen LogP contribution in [0.25, 0.3) is 11.7 Å². The molecule has 1 unspecified atom stereocenters. The molecule has 1 fully saturated rings. The molecule has 220 valence electrons. The monoisotopic (exact) mass is 560 g/mol. The van der Waals surface area contributed by atoms with Gasteiger partial charge in [0.05, 0.1) is 5.69 Å². The standard InChI is InChI=1S/C32H44N6O3/c1-9-27-26(29-33-22(2)19-23(3)38(29)34-27)20-25-14-12-24(13-15-25)11-10-16-36-17-18-37(31(40)41-32(4,5)6)28(21-36)30(39)35(7)8/h10-15,19,28H,9,16-18,20-21H2,1-8H3/b11-10+. The molecule has 4 rings (SSSR count). The van der Waals surface area contributed by atoms with E-state index in [1.165, 1.54) is 16.0 Å². The summed E-state index contributed by atoms with van der Waals surface area (Å²) in [4.78, 5) is 35.8. The van der Waals surface area contributed by atoms with Crippen molar-refractivity contribution >= 4 is 23.7 Å². The number of benzene rings is 1. The van der Waals surface area contributed by atoms with Crippen LogP contribution in [0.1, 0.15) is 61.5 Å². The lowest BCUT2D eigenvalue weighted by atomic mass is 10.0. The quantitative estimate of drug-likeness (QED) is 0.423. The Morgan fingerprint density at radius 3 is 2.46 bits per heavy atom. The molecule has 0 aliphatic carbocycles. The minimum Gasteiger partial charge on any atom is -0.444 e. The summed E-state index contributed by atoms with van der Waals surface area (Å²) in [6, 6.07) is 10.1. The number of piperazine rings is 1. The molecule has 1 atom stereocenters. The minimum absolute atomic E-state index is 0.0990. The number of fused-ring (bicyclic) bond motifs is 1. The Balaban J connectivity index is 1.40. The molecule has 2 amide bonds. The highest BCUT2D eigenvalue weighted by molar-refractivity contribution is 5.86. The van der Waals surface area contributed by atoms with E-state index in [-0.39, 0.29) is 5.91 Å². The van der Waals surface area contributed by atoms with Crippen molar-refractivity contribution in [1.29, 1.82) is 0 Å². The van der Waals surface area contributed by atoms with E-state index in [4.69, 9.17) is 14.8 Å². The molecule has 1 aliphatic rings. The van der Waals surface area contributed by atoms with Gasteiger partial charge in [0.1, 0.15) is 11.6 Å². The molecule has 0 saturated carbocycles. The maximum atomic E-state index is 12.9. The molecule has 1 aromatic carbocycles. The highest BCUT2D eigenvalue weighted by Crippen LogP contribution is 2.22. The zero-order valence-corrected chi connectivity index (χ0v) is 25.8. The number of aryl methyl sites for hydroxylation is 3. The molecule has 41 heavy (non-hydrogen) atoms. The third-order valence-electron chi connectivity index (χ3n) is 7.26. The van der Waals surface area contributed by atoms with Crippen LogP contribution in [0, 0.1) is 13.8 Å². The van der Waals surface area contributed by atoms with Crippen LogP contribution in [0.3, 0.4) is 0 Å². The first-order valence-corrected chi connectivity index (χ1v) is 14.4. The highest BCUT2D eigenvalue weighted by atomic mass is 16.6. The van der Waals surface area contributed by atoms with Gasteiger partial charge >= 0.3 is 6.09 Å². The molecule has 1 aliphatic heterocycles. The predicted octanol–water partition coefficient (Wildman–Crippen LogP) is 4.52. The Morgan fingerprint density at radius 1 is 1.12 bits per heavy atom. The maximum Gasteiger partial charge on any atom is 0.411 e. The fraction of sp³-hybridized carbons (Fsp3) is 0.500. The van der Waals surface area contributed by atoms with Gasteiger partial charge in [-0.3, -0.25) is 14.6 Å². The van der Waals surface area contributed by atoms with Crippen molar-refractivity contribution in [2.24, 2.45) is 0 Å². The summed E-state index contributed by atoms with van der Waals surface area (Å²) in [5.74, 6) is -0.0990. The number of ether oxygens (including phenoxy) is 1. The van der Waals surface area contributed by atoms with Crippen LogP contribution < -0.4 is 0 Å². The van der Waals surface area contributed by atoms with Crippen molar-refractivity contribution in [3.63, 3.8) is 0 Å². The van der Waals surface area contributed by atoms with E-state index in [2.05, 4.69) is 61.2 Å². The van der Waals surface area contributed by atoms with E-state index in [1.807, 2.05) is 32.2 Å². The predicted molar refractivity (Wildman–Crippen MR) is 162 cm³/mol. The topological polar surface area (TPSA) is 83.3 Å². The molecule has 2 aromatic heterocycles. The Labute approximate surface area is 243 Å². The van der Waals surface area contributed by atoms with Crippen molar-refractivity contribution in [2.75, 3.05) is 40.3 Å². The molecule has 0 bridgehead atoms. The number of carbonyl (C=O) groups excluding carboxylic acids is 2. The lowest BCUT2D eigenvalue weighted by Gasteiger charge is -2.41. The molecule has 3 aromatic rings. The maximum absolute atomic E-state index is 12.9. The number of aromatic nitrogens is 3. The van der Waals surface area contributed by atoms with Gasteiger partial charge in [-0.1, -0.05) is 43.3 Å². The van der Waals surface area contributed by atoms with Crippen molar-refractivity contribution in [1.82, 2.24) is 29.3 Å². The normalized spacial score (nSPS) is 16.5. The van der Waals surface area contributed by atoms with Gasteiger partial charge in [0.25, 0.3) is 0 Å². The molecule has 9 heteroatoms. The van der Waals surface area contributed by atoms with Crippen LogP contribution in [-0.4, -0.2) is 93.2 Å². The Kier molecular flexibility index (Phi) is 9.17. The van der Waals surface area contributed by atoms with Crippen molar-refractivity contribution < 1.29 is 14.3 Å². The number of likely N-dealkylation sites (N-methyl/N-ethyl adjacent to an activating group) is 1. The smallest absolute Gasteiger partial charge is 0.411 e. The number of hydrogen-bond donors (Lipinski definition) is 0. The van der Waals surface area contributed by atoms with Gasteiger partial charge in [-0.05, 0) is 58.2 Å². The Bertz CT molecular complexity index is 1420. The molecular formula is C32H44N6O3. The van der Waals surface area contributed by atoms with Crippen LogP contribution in [0.4, 0.5) is 4.79 Å².